The lowest BCUT2D eigenvalue weighted by Gasteiger charge is -2.34. The lowest BCUT2D eigenvalue weighted by Crippen LogP contribution is -2.45. The third-order valence-electron chi connectivity index (χ3n) is 5.09. The molecule has 0 aliphatic carbocycles. The minimum absolute atomic E-state index is 0.0788. The molecule has 1 heterocycles. The van der Waals surface area contributed by atoms with E-state index in [2.05, 4.69) is 10.6 Å². The molecule has 2 aromatic rings. The Morgan fingerprint density at radius 2 is 1.70 bits per heavy atom. The van der Waals surface area contributed by atoms with Crippen molar-refractivity contribution < 1.29 is 18.0 Å². The van der Waals surface area contributed by atoms with Crippen molar-refractivity contribution in [2.75, 3.05) is 17.2 Å². The number of nitrogens with one attached hydrogen (secondary N) is 2. The van der Waals surface area contributed by atoms with E-state index in [1.165, 1.54) is 11.2 Å². The predicted octanol–water partition coefficient (Wildman–Crippen LogP) is 3.53. The van der Waals surface area contributed by atoms with Crippen LogP contribution >= 0.6 is 0 Å². The van der Waals surface area contributed by atoms with E-state index in [1.54, 1.807) is 48.5 Å². The number of hydrogen-bond acceptors (Lipinski definition) is 4. The molecule has 8 heteroatoms. The van der Waals surface area contributed by atoms with Gasteiger partial charge in [-0.05, 0) is 50.1 Å². The smallest absolute Gasteiger partial charge is 0.243 e. The van der Waals surface area contributed by atoms with Crippen molar-refractivity contribution in [3.8, 4) is 0 Å². The van der Waals surface area contributed by atoms with Crippen molar-refractivity contribution in [1.82, 2.24) is 4.31 Å². The van der Waals surface area contributed by atoms with Gasteiger partial charge in [0.25, 0.3) is 0 Å². The number of benzene rings is 2. The first-order valence-corrected chi connectivity index (χ1v) is 11.5. The van der Waals surface area contributed by atoms with Crippen LogP contribution in [0.25, 0.3) is 0 Å². The molecule has 1 saturated heterocycles. The lowest BCUT2D eigenvalue weighted by molar-refractivity contribution is -0.117. The Labute approximate surface area is 177 Å². The first-order chi connectivity index (χ1) is 14.3. The number of rotatable bonds is 6. The summed E-state index contributed by atoms with van der Waals surface area (Å²) >= 11 is 0. The van der Waals surface area contributed by atoms with Gasteiger partial charge in [0.1, 0.15) is 0 Å². The Hall–Kier alpha value is -2.71. The van der Waals surface area contributed by atoms with Crippen molar-refractivity contribution in [3.05, 3.63) is 54.1 Å². The van der Waals surface area contributed by atoms with E-state index >= 15 is 0 Å². The van der Waals surface area contributed by atoms with E-state index in [4.69, 9.17) is 0 Å². The van der Waals surface area contributed by atoms with Gasteiger partial charge in [-0.2, -0.15) is 4.31 Å². The lowest BCUT2D eigenvalue weighted by atomic mass is 10.0. The maximum atomic E-state index is 13.2. The molecule has 0 bridgehead atoms. The largest absolute Gasteiger partial charge is 0.326 e. The van der Waals surface area contributed by atoms with Gasteiger partial charge >= 0.3 is 0 Å². The molecule has 0 unspecified atom stereocenters. The maximum Gasteiger partial charge on any atom is 0.243 e. The molecule has 0 radical (unpaired) electrons. The van der Waals surface area contributed by atoms with Gasteiger partial charge in [0.05, 0.1) is 4.90 Å². The number of sulfonamides is 1. The number of amides is 2. The Balaban J connectivity index is 1.71. The number of piperidine rings is 1. The zero-order valence-corrected chi connectivity index (χ0v) is 18.0. The van der Waals surface area contributed by atoms with E-state index in [0.29, 0.717) is 24.3 Å². The predicted molar refractivity (Wildman–Crippen MR) is 117 cm³/mol. The first kappa shape index (κ1) is 22.0. The zero-order chi connectivity index (χ0) is 21.7. The van der Waals surface area contributed by atoms with E-state index in [9.17, 15) is 18.0 Å². The van der Waals surface area contributed by atoms with Crippen molar-refractivity contribution in [2.45, 2.75) is 50.5 Å². The number of carbonyl (C=O) groups excluding carboxylic acids is 2. The topological polar surface area (TPSA) is 95.6 Å². The summed E-state index contributed by atoms with van der Waals surface area (Å²) < 4.78 is 27.8. The van der Waals surface area contributed by atoms with Crippen molar-refractivity contribution in [2.24, 2.45) is 0 Å². The van der Waals surface area contributed by atoms with Crippen LogP contribution in [0.3, 0.4) is 0 Å². The summed E-state index contributed by atoms with van der Waals surface area (Å²) in [5.41, 5.74) is 2.13. The highest BCUT2D eigenvalue weighted by Crippen LogP contribution is 2.28. The number of hydrogen-bond donors (Lipinski definition) is 2. The summed E-state index contributed by atoms with van der Waals surface area (Å²) in [4.78, 5) is 24.1. The average Bonchev–Trinajstić information content (AvgIpc) is 2.68. The molecule has 1 fully saturated rings. The fraction of sp³-hybridized carbons (Fsp3) is 0.364. The number of nitrogens with zero attached hydrogens (tertiary/aromatic N) is 1. The number of aryl methyl sites for hydroxylation is 1. The number of anilines is 2. The summed E-state index contributed by atoms with van der Waals surface area (Å²) in [7, 11) is -3.66. The summed E-state index contributed by atoms with van der Waals surface area (Å²) in [5, 5.41) is 5.48. The second-order valence-electron chi connectivity index (χ2n) is 7.59. The van der Waals surface area contributed by atoms with Crippen LogP contribution in [0, 0.1) is 6.92 Å². The fourth-order valence-corrected chi connectivity index (χ4v) is 5.34. The van der Waals surface area contributed by atoms with Gasteiger partial charge in [-0.3, -0.25) is 9.59 Å². The van der Waals surface area contributed by atoms with Crippen LogP contribution in [-0.2, 0) is 19.6 Å². The molecular weight excluding hydrogens is 402 g/mol. The molecule has 7 nitrogen and oxygen atoms in total. The van der Waals surface area contributed by atoms with Crippen LogP contribution < -0.4 is 10.6 Å². The Bertz CT molecular complexity index is 1020. The molecule has 30 heavy (non-hydrogen) atoms. The second kappa shape index (κ2) is 9.40. The first-order valence-electron chi connectivity index (χ1n) is 10.0. The van der Waals surface area contributed by atoms with Gasteiger partial charge in [0, 0.05) is 37.3 Å². The average molecular weight is 430 g/mol. The maximum absolute atomic E-state index is 13.2. The normalized spacial score (nSPS) is 17.3. The molecule has 0 spiro atoms. The van der Waals surface area contributed by atoms with Gasteiger partial charge in [-0.15, -0.1) is 0 Å². The molecule has 0 aromatic heterocycles. The van der Waals surface area contributed by atoms with Crippen LogP contribution in [-0.4, -0.2) is 37.1 Å². The van der Waals surface area contributed by atoms with Crippen molar-refractivity contribution in [3.63, 3.8) is 0 Å². The molecule has 160 valence electrons. The van der Waals surface area contributed by atoms with Gasteiger partial charge < -0.3 is 10.6 Å². The van der Waals surface area contributed by atoms with E-state index < -0.39 is 10.0 Å². The van der Waals surface area contributed by atoms with E-state index in [-0.39, 0.29) is 29.2 Å². The quantitative estimate of drug-likeness (QED) is 0.734. The van der Waals surface area contributed by atoms with Gasteiger partial charge in [0.2, 0.25) is 21.8 Å². The SMILES string of the molecule is CC(=O)Nc1cccc(NC(=O)C[C@H]2CCCCN2S(=O)(=O)c2ccc(C)cc2)c1. The molecule has 1 aliphatic rings. The standard InChI is InChI=1S/C22H27N3O4S/c1-16-9-11-21(12-10-16)30(28,29)25-13-4-3-8-20(25)15-22(27)24-19-7-5-6-18(14-19)23-17(2)26/h5-7,9-12,14,20H,3-4,8,13,15H2,1-2H3,(H,23,26)(H,24,27)/t20-/m1/s1. The highest BCUT2D eigenvalue weighted by molar-refractivity contribution is 7.89. The molecule has 1 atom stereocenters. The molecule has 2 aromatic carbocycles. The summed E-state index contributed by atoms with van der Waals surface area (Å²) in [6.45, 7) is 3.73. The minimum Gasteiger partial charge on any atom is -0.326 e. The van der Waals surface area contributed by atoms with Crippen molar-refractivity contribution in [1.29, 1.82) is 0 Å². The highest BCUT2D eigenvalue weighted by atomic mass is 32.2. The van der Waals surface area contributed by atoms with Crippen molar-refractivity contribution >= 4 is 33.2 Å². The molecule has 3 rings (SSSR count). The molecule has 0 saturated carbocycles. The third-order valence-corrected chi connectivity index (χ3v) is 7.05. The van der Waals surface area contributed by atoms with Crippen LogP contribution in [0.5, 0.6) is 0 Å². The van der Waals surface area contributed by atoms with E-state index in [1.807, 2.05) is 6.92 Å². The van der Waals surface area contributed by atoms with Crippen LogP contribution in [0.15, 0.2) is 53.4 Å². The summed E-state index contributed by atoms with van der Waals surface area (Å²) in [5.74, 6) is -0.455. The minimum atomic E-state index is -3.66. The van der Waals surface area contributed by atoms with Crippen LogP contribution in [0.1, 0.15) is 38.2 Å². The molecular formula is C22H27N3O4S. The Morgan fingerprint density at radius 3 is 2.37 bits per heavy atom. The van der Waals surface area contributed by atoms with E-state index in [0.717, 1.165) is 18.4 Å². The number of carbonyl (C=O) groups is 2. The van der Waals surface area contributed by atoms with Crippen LogP contribution in [0.4, 0.5) is 11.4 Å². The summed E-state index contributed by atoms with van der Waals surface area (Å²) in [6, 6.07) is 13.3. The van der Waals surface area contributed by atoms with Gasteiger partial charge in [-0.1, -0.05) is 30.2 Å². The molecule has 2 amide bonds. The zero-order valence-electron chi connectivity index (χ0n) is 17.2. The summed E-state index contributed by atoms with van der Waals surface area (Å²) in [6.07, 6.45) is 2.39. The highest BCUT2D eigenvalue weighted by Gasteiger charge is 2.34. The fourth-order valence-electron chi connectivity index (χ4n) is 3.64. The Kier molecular flexibility index (Phi) is 6.89. The van der Waals surface area contributed by atoms with Gasteiger partial charge in [-0.25, -0.2) is 8.42 Å². The molecule has 1 aliphatic heterocycles. The third kappa shape index (κ3) is 5.46. The Morgan fingerprint density at radius 1 is 1.03 bits per heavy atom. The van der Waals surface area contributed by atoms with Crippen LogP contribution in [0.2, 0.25) is 0 Å². The van der Waals surface area contributed by atoms with Gasteiger partial charge in [0.15, 0.2) is 0 Å². The monoisotopic (exact) mass is 429 g/mol. The second-order valence-corrected chi connectivity index (χ2v) is 9.48. The molecule has 2 N–H and O–H groups in total.